The lowest BCUT2D eigenvalue weighted by atomic mass is 10.1. The van der Waals surface area contributed by atoms with Gasteiger partial charge in [-0.1, -0.05) is 0 Å². The summed E-state index contributed by atoms with van der Waals surface area (Å²) in [6, 6.07) is 2.10. The van der Waals surface area contributed by atoms with Gasteiger partial charge in [-0.25, -0.2) is 0 Å². The number of rotatable bonds is 3. The van der Waals surface area contributed by atoms with Crippen molar-refractivity contribution < 1.29 is 0 Å². The van der Waals surface area contributed by atoms with E-state index < -0.39 is 0 Å². The number of hydrogen-bond acceptors (Lipinski definition) is 2. The third kappa shape index (κ3) is 1.73. The van der Waals surface area contributed by atoms with E-state index in [1.807, 2.05) is 19.4 Å². The molecule has 2 heteroatoms. The van der Waals surface area contributed by atoms with Crippen LogP contribution in [0.4, 0.5) is 0 Å². The summed E-state index contributed by atoms with van der Waals surface area (Å²) in [6.45, 7) is 3.31. The lowest BCUT2D eigenvalue weighted by Crippen LogP contribution is -2.10. The third-order valence-corrected chi connectivity index (χ3v) is 2.87. The predicted molar refractivity (Wildman–Crippen MR) is 53.7 cm³/mol. The second kappa shape index (κ2) is 3.46. The summed E-state index contributed by atoms with van der Waals surface area (Å²) >= 11 is 0. The molecule has 13 heavy (non-hydrogen) atoms. The molecule has 1 aliphatic rings. The summed E-state index contributed by atoms with van der Waals surface area (Å²) in [5, 5.41) is 3.23. The van der Waals surface area contributed by atoms with Crippen LogP contribution in [-0.4, -0.2) is 18.6 Å². The lowest BCUT2D eigenvalue weighted by Gasteiger charge is -2.03. The summed E-state index contributed by atoms with van der Waals surface area (Å²) in [5.41, 5.74) is 2.83. The molecule has 1 aliphatic carbocycles. The van der Waals surface area contributed by atoms with Crippen LogP contribution in [-0.2, 0) is 0 Å². The molecule has 1 N–H and O–H groups in total. The van der Waals surface area contributed by atoms with Crippen LogP contribution in [0.5, 0.6) is 0 Å². The average Bonchev–Trinajstić information content (AvgIpc) is 2.86. The molecular weight excluding hydrogens is 160 g/mol. The number of nitrogens with zero attached hydrogens (tertiary/aromatic N) is 1. The molecule has 1 heterocycles. The molecule has 2 atom stereocenters. The zero-order valence-corrected chi connectivity index (χ0v) is 8.25. The van der Waals surface area contributed by atoms with E-state index in [-0.39, 0.29) is 0 Å². The maximum Gasteiger partial charge on any atom is 0.0305 e. The summed E-state index contributed by atoms with van der Waals surface area (Å²) in [4.78, 5) is 4.18. The number of pyridine rings is 1. The van der Waals surface area contributed by atoms with E-state index in [1.54, 1.807) is 0 Å². The molecule has 0 aromatic carbocycles. The van der Waals surface area contributed by atoms with Crippen LogP contribution in [0.2, 0.25) is 0 Å². The van der Waals surface area contributed by atoms with Crippen molar-refractivity contribution in [3.05, 3.63) is 29.6 Å². The fraction of sp³-hybridized carbons (Fsp3) is 0.545. The van der Waals surface area contributed by atoms with Crippen molar-refractivity contribution in [2.24, 2.45) is 5.92 Å². The Morgan fingerprint density at radius 3 is 3.15 bits per heavy atom. The summed E-state index contributed by atoms with van der Waals surface area (Å²) in [6.07, 6.45) is 5.22. The van der Waals surface area contributed by atoms with Gasteiger partial charge in [-0.15, -0.1) is 0 Å². The van der Waals surface area contributed by atoms with Crippen molar-refractivity contribution in [1.29, 1.82) is 0 Å². The smallest absolute Gasteiger partial charge is 0.0305 e. The monoisotopic (exact) mass is 176 g/mol. The van der Waals surface area contributed by atoms with Crippen molar-refractivity contribution in [2.75, 3.05) is 13.6 Å². The number of aromatic nitrogens is 1. The molecule has 0 amide bonds. The van der Waals surface area contributed by atoms with Gasteiger partial charge in [0.05, 0.1) is 0 Å². The second-order valence-electron chi connectivity index (χ2n) is 3.89. The van der Waals surface area contributed by atoms with Crippen LogP contribution < -0.4 is 5.32 Å². The van der Waals surface area contributed by atoms with Crippen molar-refractivity contribution in [3.8, 4) is 0 Å². The quantitative estimate of drug-likeness (QED) is 0.758. The summed E-state index contributed by atoms with van der Waals surface area (Å²) < 4.78 is 0. The molecule has 1 saturated carbocycles. The van der Waals surface area contributed by atoms with Gasteiger partial charge >= 0.3 is 0 Å². The van der Waals surface area contributed by atoms with Crippen LogP contribution in [0.25, 0.3) is 0 Å². The van der Waals surface area contributed by atoms with Gasteiger partial charge in [0, 0.05) is 12.4 Å². The van der Waals surface area contributed by atoms with Crippen molar-refractivity contribution in [1.82, 2.24) is 10.3 Å². The summed E-state index contributed by atoms with van der Waals surface area (Å²) in [5.74, 6) is 1.61. The molecule has 0 radical (unpaired) electrons. The molecule has 1 fully saturated rings. The van der Waals surface area contributed by atoms with E-state index >= 15 is 0 Å². The molecule has 1 aromatic rings. The third-order valence-electron chi connectivity index (χ3n) is 2.87. The Bertz CT molecular complexity index is 296. The van der Waals surface area contributed by atoms with E-state index in [0.717, 1.165) is 18.4 Å². The van der Waals surface area contributed by atoms with E-state index in [2.05, 4.69) is 23.3 Å². The van der Waals surface area contributed by atoms with Gasteiger partial charge in [-0.05, 0) is 56.0 Å². The van der Waals surface area contributed by atoms with Crippen LogP contribution in [0.3, 0.4) is 0 Å². The standard InChI is InChI=1S/C11H16N2/c1-8-3-4-13-7-11(8)10-5-9(10)6-12-2/h3-4,7,9-10,12H,5-6H2,1-2H3. The van der Waals surface area contributed by atoms with Crippen molar-refractivity contribution in [2.45, 2.75) is 19.3 Å². The average molecular weight is 176 g/mol. The number of hydrogen-bond donors (Lipinski definition) is 1. The molecule has 70 valence electrons. The Morgan fingerprint density at radius 1 is 1.62 bits per heavy atom. The first-order chi connectivity index (χ1) is 6.33. The molecule has 2 unspecified atom stereocenters. The van der Waals surface area contributed by atoms with E-state index in [4.69, 9.17) is 0 Å². The maximum absolute atomic E-state index is 4.18. The highest BCUT2D eigenvalue weighted by Crippen LogP contribution is 2.47. The predicted octanol–water partition coefficient (Wildman–Crippen LogP) is 1.71. The maximum atomic E-state index is 4.18. The lowest BCUT2D eigenvalue weighted by molar-refractivity contribution is 0.696. The molecule has 1 aromatic heterocycles. The molecule has 0 spiro atoms. The minimum Gasteiger partial charge on any atom is -0.319 e. The number of nitrogens with one attached hydrogen (secondary N) is 1. The molecule has 0 bridgehead atoms. The topological polar surface area (TPSA) is 24.9 Å². The Balaban J connectivity index is 2.07. The highest BCUT2D eigenvalue weighted by Gasteiger charge is 2.38. The number of aryl methyl sites for hydroxylation is 1. The fourth-order valence-corrected chi connectivity index (χ4v) is 1.98. The zero-order chi connectivity index (χ0) is 9.26. The first-order valence-corrected chi connectivity index (χ1v) is 4.88. The minimum absolute atomic E-state index is 0.765. The van der Waals surface area contributed by atoms with Gasteiger partial charge < -0.3 is 5.32 Å². The minimum atomic E-state index is 0.765. The largest absolute Gasteiger partial charge is 0.319 e. The van der Waals surface area contributed by atoms with Crippen LogP contribution in [0.1, 0.15) is 23.5 Å². The van der Waals surface area contributed by atoms with E-state index in [1.165, 1.54) is 17.5 Å². The molecule has 0 aliphatic heterocycles. The van der Waals surface area contributed by atoms with Crippen LogP contribution >= 0.6 is 0 Å². The normalized spacial score (nSPS) is 26.0. The van der Waals surface area contributed by atoms with Crippen LogP contribution in [0, 0.1) is 12.8 Å². The SMILES string of the molecule is CNCC1CC1c1cnccc1C. The molecular formula is C11H16N2. The Labute approximate surface area is 79.4 Å². The second-order valence-corrected chi connectivity index (χ2v) is 3.89. The highest BCUT2D eigenvalue weighted by molar-refractivity contribution is 5.30. The van der Waals surface area contributed by atoms with Gasteiger partial charge in [-0.2, -0.15) is 0 Å². The fourth-order valence-electron chi connectivity index (χ4n) is 1.98. The molecule has 0 saturated heterocycles. The van der Waals surface area contributed by atoms with Gasteiger partial charge in [0.25, 0.3) is 0 Å². The molecule has 2 rings (SSSR count). The molecule has 2 nitrogen and oxygen atoms in total. The first kappa shape index (κ1) is 8.70. The van der Waals surface area contributed by atoms with Crippen molar-refractivity contribution >= 4 is 0 Å². The van der Waals surface area contributed by atoms with Crippen LogP contribution in [0.15, 0.2) is 18.5 Å². The van der Waals surface area contributed by atoms with Crippen molar-refractivity contribution in [3.63, 3.8) is 0 Å². The Morgan fingerprint density at radius 2 is 2.46 bits per heavy atom. The van der Waals surface area contributed by atoms with E-state index in [0.29, 0.717) is 0 Å². The Hall–Kier alpha value is -0.890. The van der Waals surface area contributed by atoms with Gasteiger partial charge in [0.1, 0.15) is 0 Å². The first-order valence-electron chi connectivity index (χ1n) is 4.88. The van der Waals surface area contributed by atoms with E-state index in [9.17, 15) is 0 Å². The van der Waals surface area contributed by atoms with Gasteiger partial charge in [0.2, 0.25) is 0 Å². The highest BCUT2D eigenvalue weighted by atomic mass is 14.8. The Kier molecular flexibility index (Phi) is 2.32. The van der Waals surface area contributed by atoms with Gasteiger partial charge in [0.15, 0.2) is 0 Å². The van der Waals surface area contributed by atoms with Gasteiger partial charge in [-0.3, -0.25) is 4.98 Å². The summed E-state index contributed by atoms with van der Waals surface area (Å²) in [7, 11) is 2.02. The zero-order valence-electron chi connectivity index (χ0n) is 8.25.